The molecule has 12 heavy (non-hydrogen) atoms. The fourth-order valence-electron chi connectivity index (χ4n) is 0.770. The van der Waals surface area contributed by atoms with E-state index in [1.807, 2.05) is 0 Å². The summed E-state index contributed by atoms with van der Waals surface area (Å²) in [6.07, 6.45) is 1.15. The van der Waals surface area contributed by atoms with Gasteiger partial charge >= 0.3 is 0 Å². The number of aromatic amines is 1. The van der Waals surface area contributed by atoms with E-state index in [2.05, 4.69) is 10.1 Å². The number of sulfone groups is 1. The molecule has 0 aromatic carbocycles. The first-order chi connectivity index (χ1) is 5.38. The molecule has 0 atom stereocenters. The molecule has 68 valence electrons. The number of nitrogens with zero attached hydrogens (tertiary/aromatic N) is 2. The maximum atomic E-state index is 10.8. The van der Waals surface area contributed by atoms with E-state index < -0.39 is 9.84 Å². The van der Waals surface area contributed by atoms with Crippen molar-refractivity contribution in [2.75, 3.05) is 6.26 Å². The first-order valence-corrected chi connectivity index (χ1v) is 5.65. The average molecular weight is 207 g/mol. The predicted octanol–water partition coefficient (Wildman–Crippen LogP) is 0.0223. The summed E-state index contributed by atoms with van der Waals surface area (Å²) < 4.78 is 23.5. The third kappa shape index (κ3) is 2.42. The Bertz CT molecular complexity index is 428. The van der Waals surface area contributed by atoms with Crippen LogP contribution >= 0.6 is 12.2 Å². The largest absolute Gasteiger partial charge is 0.282 e. The van der Waals surface area contributed by atoms with E-state index in [1.54, 1.807) is 7.05 Å². The number of hydrogen-bond acceptors (Lipinski definition) is 4. The van der Waals surface area contributed by atoms with Crippen LogP contribution in [0.25, 0.3) is 0 Å². The molecule has 5 nitrogen and oxygen atoms in total. The Labute approximate surface area is 75.3 Å². The first kappa shape index (κ1) is 9.40. The quantitative estimate of drug-likeness (QED) is 0.694. The number of hydrogen-bond donors (Lipinski definition) is 1. The van der Waals surface area contributed by atoms with Crippen LogP contribution < -0.4 is 0 Å². The lowest BCUT2D eigenvalue weighted by Crippen LogP contribution is -2.03. The maximum absolute atomic E-state index is 10.8. The van der Waals surface area contributed by atoms with E-state index in [0.717, 1.165) is 6.26 Å². The van der Waals surface area contributed by atoms with Gasteiger partial charge in [0.1, 0.15) is 11.6 Å². The topological polar surface area (TPSA) is 67.8 Å². The zero-order chi connectivity index (χ0) is 9.35. The fourth-order valence-corrected chi connectivity index (χ4v) is 1.55. The maximum Gasteiger partial charge on any atom is 0.215 e. The van der Waals surface area contributed by atoms with Crippen molar-refractivity contribution in [1.29, 1.82) is 0 Å². The Hall–Kier alpha value is -0.690. The Morgan fingerprint density at radius 3 is 2.58 bits per heavy atom. The molecule has 1 rings (SSSR count). The molecule has 0 saturated carbocycles. The lowest BCUT2D eigenvalue weighted by atomic mass is 10.7. The normalized spacial score (nSPS) is 11.8. The lowest BCUT2D eigenvalue weighted by Gasteiger charge is -1.91. The molecule has 0 aliphatic rings. The molecule has 0 unspecified atom stereocenters. The van der Waals surface area contributed by atoms with Crippen LogP contribution in [-0.2, 0) is 22.6 Å². The van der Waals surface area contributed by atoms with Crippen molar-refractivity contribution in [3.63, 3.8) is 0 Å². The lowest BCUT2D eigenvalue weighted by molar-refractivity contribution is 0.599. The highest BCUT2D eigenvalue weighted by Gasteiger charge is 2.07. The average Bonchev–Trinajstić information content (AvgIpc) is 2.07. The molecule has 1 aromatic rings. The molecule has 0 spiro atoms. The SMILES string of the molecule is Cn1[nH]c(CS(C)(=O)=O)nc1=S. The summed E-state index contributed by atoms with van der Waals surface area (Å²) in [5.41, 5.74) is 0. The smallest absolute Gasteiger partial charge is 0.215 e. The molecule has 0 fully saturated rings. The van der Waals surface area contributed by atoms with Gasteiger partial charge in [0, 0.05) is 13.3 Å². The Kier molecular flexibility index (Phi) is 2.34. The second-order valence-electron chi connectivity index (χ2n) is 2.58. The Morgan fingerprint density at radius 1 is 1.67 bits per heavy atom. The molecule has 7 heteroatoms. The summed E-state index contributed by atoms with van der Waals surface area (Å²) >= 11 is 4.79. The van der Waals surface area contributed by atoms with Crippen LogP contribution in [0.1, 0.15) is 5.82 Å². The molecule has 0 aliphatic carbocycles. The van der Waals surface area contributed by atoms with E-state index in [-0.39, 0.29) is 5.75 Å². The van der Waals surface area contributed by atoms with Gasteiger partial charge in [-0.3, -0.25) is 9.78 Å². The van der Waals surface area contributed by atoms with Crippen LogP contribution in [0.3, 0.4) is 0 Å². The second kappa shape index (κ2) is 2.98. The first-order valence-electron chi connectivity index (χ1n) is 3.18. The van der Waals surface area contributed by atoms with Crippen LogP contribution in [0.15, 0.2) is 0 Å². The third-order valence-corrected chi connectivity index (χ3v) is 2.38. The van der Waals surface area contributed by atoms with Crippen molar-refractivity contribution in [2.24, 2.45) is 7.05 Å². The van der Waals surface area contributed by atoms with Gasteiger partial charge in [0.15, 0.2) is 9.84 Å². The van der Waals surface area contributed by atoms with Crippen LogP contribution in [0.2, 0.25) is 0 Å². The number of aryl methyl sites for hydroxylation is 1. The highest BCUT2D eigenvalue weighted by atomic mass is 32.2. The Morgan fingerprint density at radius 2 is 2.25 bits per heavy atom. The van der Waals surface area contributed by atoms with Crippen LogP contribution in [0.4, 0.5) is 0 Å². The second-order valence-corrected chi connectivity index (χ2v) is 5.09. The minimum absolute atomic E-state index is 0.0997. The van der Waals surface area contributed by atoms with Gasteiger partial charge in [0.25, 0.3) is 0 Å². The highest BCUT2D eigenvalue weighted by Crippen LogP contribution is 1.97. The molecule has 0 saturated heterocycles. The molecule has 0 bridgehead atoms. The third-order valence-electron chi connectivity index (χ3n) is 1.21. The minimum Gasteiger partial charge on any atom is -0.282 e. The number of aromatic nitrogens is 3. The van der Waals surface area contributed by atoms with Gasteiger partial charge < -0.3 is 0 Å². The fraction of sp³-hybridized carbons (Fsp3) is 0.600. The van der Waals surface area contributed by atoms with E-state index in [1.165, 1.54) is 4.68 Å². The van der Waals surface area contributed by atoms with Crippen molar-refractivity contribution in [3.8, 4) is 0 Å². The Balaban J connectivity index is 3.00. The molecule has 1 aromatic heterocycles. The number of nitrogens with one attached hydrogen (secondary N) is 1. The molecule has 1 heterocycles. The van der Waals surface area contributed by atoms with Crippen molar-refractivity contribution >= 4 is 22.1 Å². The van der Waals surface area contributed by atoms with Crippen LogP contribution in [0.5, 0.6) is 0 Å². The molecular weight excluding hydrogens is 198 g/mol. The van der Waals surface area contributed by atoms with Crippen molar-refractivity contribution in [3.05, 3.63) is 10.6 Å². The van der Waals surface area contributed by atoms with Gasteiger partial charge in [-0.05, 0) is 12.2 Å². The van der Waals surface area contributed by atoms with Crippen LogP contribution in [-0.4, -0.2) is 29.4 Å². The summed E-state index contributed by atoms with van der Waals surface area (Å²) in [5, 5.41) is 2.72. The van der Waals surface area contributed by atoms with Gasteiger partial charge in [0.2, 0.25) is 4.77 Å². The predicted molar refractivity (Wildman–Crippen MR) is 46.9 cm³/mol. The number of rotatable bonds is 2. The van der Waals surface area contributed by atoms with E-state index in [9.17, 15) is 8.42 Å². The van der Waals surface area contributed by atoms with Gasteiger partial charge in [0.05, 0.1) is 0 Å². The minimum atomic E-state index is -3.03. The monoisotopic (exact) mass is 207 g/mol. The van der Waals surface area contributed by atoms with Crippen molar-refractivity contribution in [1.82, 2.24) is 14.8 Å². The summed E-state index contributed by atoms with van der Waals surface area (Å²) in [6, 6.07) is 0. The molecule has 1 N–H and O–H groups in total. The summed E-state index contributed by atoms with van der Waals surface area (Å²) in [4.78, 5) is 3.84. The van der Waals surface area contributed by atoms with E-state index >= 15 is 0 Å². The summed E-state index contributed by atoms with van der Waals surface area (Å²) in [6.45, 7) is 0. The highest BCUT2D eigenvalue weighted by molar-refractivity contribution is 7.89. The molecule has 0 aliphatic heterocycles. The van der Waals surface area contributed by atoms with E-state index in [4.69, 9.17) is 12.2 Å². The molecular formula is C5H9N3O2S2. The standard InChI is InChI=1S/C5H9N3O2S2/c1-8-5(11)6-4(7-8)3-12(2,9)10/h3H2,1-2H3,(H,6,7,11). The number of H-pyrrole nitrogens is 1. The van der Waals surface area contributed by atoms with Crippen molar-refractivity contribution in [2.45, 2.75) is 5.75 Å². The van der Waals surface area contributed by atoms with Crippen molar-refractivity contribution < 1.29 is 8.42 Å². The van der Waals surface area contributed by atoms with Gasteiger partial charge in [-0.15, -0.1) is 0 Å². The molecule has 0 radical (unpaired) electrons. The van der Waals surface area contributed by atoms with Crippen LogP contribution in [0, 0.1) is 4.77 Å². The van der Waals surface area contributed by atoms with Gasteiger partial charge in [-0.2, -0.15) is 0 Å². The summed E-state index contributed by atoms with van der Waals surface area (Å²) in [7, 11) is -1.35. The van der Waals surface area contributed by atoms with Gasteiger partial charge in [-0.1, -0.05) is 0 Å². The molecule has 0 amide bonds. The zero-order valence-corrected chi connectivity index (χ0v) is 8.37. The summed E-state index contributed by atoms with van der Waals surface area (Å²) in [5.74, 6) is 0.280. The zero-order valence-electron chi connectivity index (χ0n) is 6.73. The van der Waals surface area contributed by atoms with Gasteiger partial charge in [-0.25, -0.2) is 13.4 Å². The van der Waals surface area contributed by atoms with E-state index in [0.29, 0.717) is 10.6 Å².